The largest absolute Gasteiger partial charge is 0.462 e. The predicted octanol–water partition coefficient (Wildman–Crippen LogP) is 12.1. The number of rotatable bonds is 42. The molecule has 0 atom stereocenters. The van der Waals surface area contributed by atoms with Crippen molar-refractivity contribution in [3.63, 3.8) is 0 Å². The van der Waals surface area contributed by atoms with E-state index in [1.807, 2.05) is 0 Å². The van der Waals surface area contributed by atoms with Gasteiger partial charge in [-0.2, -0.15) is 0 Å². The van der Waals surface area contributed by atoms with Crippen LogP contribution in [0.15, 0.2) is 5.95 Å². The number of ether oxygens (including phenoxy) is 3. The lowest BCUT2D eigenvalue weighted by Crippen LogP contribution is -2.29. The van der Waals surface area contributed by atoms with Crippen molar-refractivity contribution in [3.8, 4) is 0 Å². The minimum Gasteiger partial charge on any atom is -0.462 e. The fraction of sp³-hybridized carbons (Fsp3) is 0.932. The Morgan fingerprint density at radius 3 is 1.35 bits per heavy atom. The Morgan fingerprint density at radius 2 is 0.922 bits per heavy atom. The zero-order valence-corrected chi connectivity index (χ0v) is 34.2. The first-order chi connectivity index (χ1) is 25.1. The van der Waals surface area contributed by atoms with Crippen LogP contribution in [0.2, 0.25) is 0 Å². The molecule has 1 N–H and O–H groups in total. The highest BCUT2D eigenvalue weighted by molar-refractivity contribution is 5.69. The number of esters is 1. The maximum Gasteiger partial charge on any atom is 0.369 e. The van der Waals surface area contributed by atoms with Gasteiger partial charge >= 0.3 is 11.9 Å². The second kappa shape index (κ2) is 41.2. The molecule has 51 heavy (non-hydrogen) atoms. The first-order valence-corrected chi connectivity index (χ1v) is 22.1. The number of carbonyl (C=O) groups is 1. The van der Waals surface area contributed by atoms with E-state index in [0.29, 0.717) is 19.6 Å². The van der Waals surface area contributed by atoms with Gasteiger partial charge in [0.25, 0.3) is 0 Å². The van der Waals surface area contributed by atoms with E-state index in [9.17, 15) is 14.7 Å². The van der Waals surface area contributed by atoms with Crippen LogP contribution >= 0.6 is 0 Å². The quantitative estimate of drug-likeness (QED) is 0.0290. The molecule has 0 rings (SSSR count). The van der Waals surface area contributed by atoms with Crippen LogP contribution in [0.25, 0.3) is 0 Å². The number of hydrogen-bond donors (Lipinski definition) is 1. The predicted molar refractivity (Wildman–Crippen MR) is 215 cm³/mol. The van der Waals surface area contributed by atoms with Gasteiger partial charge in [-0.3, -0.25) is 4.79 Å². The molecular formula is C44H85NO6. The number of aliphatic hydroxyl groups excluding tert-OH is 1. The minimum absolute atomic E-state index is 0.00119. The van der Waals surface area contributed by atoms with Gasteiger partial charge in [-0.05, 0) is 70.9 Å². The lowest BCUT2D eigenvalue weighted by Gasteiger charge is -2.21. The molecule has 7 heteroatoms. The molecule has 0 spiro atoms. The van der Waals surface area contributed by atoms with E-state index in [2.05, 4.69) is 25.7 Å². The van der Waals surface area contributed by atoms with E-state index >= 15 is 0 Å². The third kappa shape index (κ3) is 36.6. The molecule has 0 aromatic carbocycles. The third-order valence-corrected chi connectivity index (χ3v) is 10.00. The van der Waals surface area contributed by atoms with Crippen molar-refractivity contribution in [1.29, 1.82) is 0 Å². The SMILES string of the molecule is CCCCCCCCCOC(=C=O)OCCCCCCN(CCO)CCCCCCCC(=O)OC(CCCCCCCC)CCCCCCCC. The number of unbranched alkanes of at least 4 members (excludes halogenated alkanes) is 23. The second-order valence-electron chi connectivity index (χ2n) is 14.9. The van der Waals surface area contributed by atoms with Crippen LogP contribution in [0.1, 0.15) is 220 Å². The summed E-state index contributed by atoms with van der Waals surface area (Å²) < 4.78 is 17.0. The molecule has 0 aliphatic carbocycles. The molecule has 0 radical (unpaired) electrons. The number of hydrogen-bond acceptors (Lipinski definition) is 7. The molecule has 0 bridgehead atoms. The summed E-state index contributed by atoms with van der Waals surface area (Å²) in [5, 5.41) is 9.54. The van der Waals surface area contributed by atoms with E-state index in [-0.39, 0.29) is 24.6 Å². The molecule has 0 aliphatic heterocycles. The van der Waals surface area contributed by atoms with Gasteiger partial charge in [0.1, 0.15) is 6.10 Å². The van der Waals surface area contributed by atoms with Crippen LogP contribution in [0.5, 0.6) is 0 Å². The molecule has 0 heterocycles. The summed E-state index contributed by atoms with van der Waals surface area (Å²) in [6, 6.07) is 0. The molecule has 0 fully saturated rings. The van der Waals surface area contributed by atoms with Gasteiger partial charge in [0, 0.05) is 13.0 Å². The average molecular weight is 724 g/mol. The zero-order chi connectivity index (χ0) is 37.3. The zero-order valence-electron chi connectivity index (χ0n) is 34.2. The van der Waals surface area contributed by atoms with Crippen molar-refractivity contribution >= 4 is 11.9 Å². The van der Waals surface area contributed by atoms with Crippen LogP contribution in [0, 0.1) is 0 Å². The third-order valence-electron chi connectivity index (χ3n) is 10.00. The van der Waals surface area contributed by atoms with Crippen LogP contribution in [0.3, 0.4) is 0 Å². The van der Waals surface area contributed by atoms with Gasteiger partial charge in [0.15, 0.2) is 0 Å². The van der Waals surface area contributed by atoms with Crippen molar-refractivity contribution in [3.05, 3.63) is 5.95 Å². The van der Waals surface area contributed by atoms with Crippen molar-refractivity contribution in [2.75, 3.05) is 39.5 Å². The molecule has 0 aliphatic rings. The van der Waals surface area contributed by atoms with Crippen LogP contribution in [-0.2, 0) is 23.8 Å². The number of carbonyl (C=O) groups excluding carboxylic acids is 2. The number of aliphatic hydroxyl groups is 1. The van der Waals surface area contributed by atoms with E-state index in [1.54, 1.807) is 5.94 Å². The van der Waals surface area contributed by atoms with Crippen molar-refractivity contribution < 1.29 is 28.9 Å². The molecule has 0 unspecified atom stereocenters. The summed E-state index contributed by atoms with van der Waals surface area (Å²) in [6.07, 6.45) is 36.0. The fourth-order valence-corrected chi connectivity index (χ4v) is 6.70. The fourth-order valence-electron chi connectivity index (χ4n) is 6.70. The Labute approximate surface area is 316 Å². The van der Waals surface area contributed by atoms with Crippen LogP contribution < -0.4 is 0 Å². The van der Waals surface area contributed by atoms with Gasteiger partial charge in [0.05, 0.1) is 19.8 Å². The normalized spacial score (nSPS) is 11.3. The van der Waals surface area contributed by atoms with Gasteiger partial charge in [-0.25, -0.2) is 4.79 Å². The Hall–Kier alpha value is -1.56. The summed E-state index contributed by atoms with van der Waals surface area (Å²) in [7, 11) is 0. The Bertz CT molecular complexity index is 755. The van der Waals surface area contributed by atoms with Crippen LogP contribution in [0.4, 0.5) is 0 Å². The lowest BCUT2D eigenvalue weighted by atomic mass is 10.0. The maximum absolute atomic E-state index is 12.7. The first kappa shape index (κ1) is 49.4. The Morgan fingerprint density at radius 1 is 0.529 bits per heavy atom. The summed E-state index contributed by atoms with van der Waals surface area (Å²) in [4.78, 5) is 26.2. The van der Waals surface area contributed by atoms with Gasteiger partial charge in [-0.15, -0.1) is 0 Å². The lowest BCUT2D eigenvalue weighted by molar-refractivity contribution is -0.150. The van der Waals surface area contributed by atoms with Crippen molar-refractivity contribution in [1.82, 2.24) is 4.90 Å². The van der Waals surface area contributed by atoms with Gasteiger partial charge in [-0.1, -0.05) is 156 Å². The standard InChI is InChI=1S/C44H85NO6/c1-4-7-10-13-16-23-30-39-49-44(41-47)50-40-31-24-22-29-36-45(37-38-46)35-28-21-17-20-27-34-43(48)51-42(32-25-18-14-11-8-5-2)33-26-19-15-12-9-6-3/h42,46H,4-40H2,1-3H3. The maximum atomic E-state index is 12.7. The van der Waals surface area contributed by atoms with E-state index in [4.69, 9.17) is 14.2 Å². The average Bonchev–Trinajstić information content (AvgIpc) is 3.13. The molecule has 0 saturated heterocycles. The highest BCUT2D eigenvalue weighted by Crippen LogP contribution is 2.18. The minimum atomic E-state index is 0.00119. The summed E-state index contributed by atoms with van der Waals surface area (Å²) >= 11 is 0. The smallest absolute Gasteiger partial charge is 0.369 e. The highest BCUT2D eigenvalue weighted by atomic mass is 16.7. The van der Waals surface area contributed by atoms with Gasteiger partial charge < -0.3 is 24.2 Å². The van der Waals surface area contributed by atoms with Crippen molar-refractivity contribution in [2.45, 2.75) is 226 Å². The molecule has 0 saturated carbocycles. The summed E-state index contributed by atoms with van der Waals surface area (Å²) in [5.74, 6) is 1.80. The molecule has 7 nitrogen and oxygen atoms in total. The Kier molecular flexibility index (Phi) is 39.9. The summed E-state index contributed by atoms with van der Waals surface area (Å²) in [6.45, 7) is 10.7. The monoisotopic (exact) mass is 724 g/mol. The van der Waals surface area contributed by atoms with E-state index in [1.165, 1.54) is 109 Å². The van der Waals surface area contributed by atoms with Crippen LogP contribution in [-0.4, -0.2) is 67.5 Å². The molecular weight excluding hydrogens is 638 g/mol. The second-order valence-corrected chi connectivity index (χ2v) is 14.9. The highest BCUT2D eigenvalue weighted by Gasteiger charge is 2.14. The molecule has 302 valence electrons. The van der Waals surface area contributed by atoms with E-state index in [0.717, 1.165) is 103 Å². The van der Waals surface area contributed by atoms with E-state index < -0.39 is 0 Å². The topological polar surface area (TPSA) is 85.3 Å². The molecule has 0 aromatic rings. The van der Waals surface area contributed by atoms with Gasteiger partial charge in [0.2, 0.25) is 5.94 Å². The van der Waals surface area contributed by atoms with Crippen molar-refractivity contribution in [2.24, 2.45) is 0 Å². The molecule has 0 amide bonds. The summed E-state index contributed by atoms with van der Waals surface area (Å²) in [5.41, 5.74) is 0. The Balaban J connectivity index is 4.01. The number of nitrogens with zero attached hydrogens (tertiary/aromatic N) is 1. The molecule has 0 aromatic heterocycles. The first-order valence-electron chi connectivity index (χ1n) is 22.1.